The van der Waals surface area contributed by atoms with Crippen LogP contribution in [0.2, 0.25) is 0 Å². The summed E-state index contributed by atoms with van der Waals surface area (Å²) in [7, 11) is 3.37. The molecule has 4 rings (SSSR count). The molecular weight excluding hydrogens is 384 g/mol. The van der Waals surface area contributed by atoms with Crippen molar-refractivity contribution in [2.45, 2.75) is 12.8 Å². The lowest BCUT2D eigenvalue weighted by molar-refractivity contribution is 0.414. The maximum Gasteiger partial charge on any atom is 0.127 e. The Morgan fingerprint density at radius 3 is 0.903 bits per heavy atom. The van der Waals surface area contributed by atoms with E-state index in [2.05, 4.69) is 48.5 Å². The molecule has 0 N–H and O–H groups in total. The monoisotopic (exact) mass is 410 g/mol. The summed E-state index contributed by atoms with van der Waals surface area (Å²) < 4.78 is 16.4. The predicted octanol–water partition coefficient (Wildman–Crippen LogP) is 6.68. The average molecular weight is 411 g/mol. The zero-order chi connectivity index (χ0) is 21.5. The predicted molar refractivity (Wildman–Crippen MR) is 125 cm³/mol. The minimum Gasteiger partial charge on any atom is -0.497 e. The Bertz CT molecular complexity index is 990. The molecule has 0 aliphatic heterocycles. The molecule has 0 aliphatic carbocycles. The van der Waals surface area contributed by atoms with Crippen LogP contribution in [0.1, 0.15) is 22.3 Å². The standard InChI is InChI=1S/C28H26O3/c1-29-25-11-3-21(4-12-25)19-23-7-15-27(16-8-23)31-28-17-9-24(10-18-28)20-22-5-13-26(30-2)14-6-22/h3-18H,19-20H2,1-2H3. The number of ether oxygens (including phenoxy) is 3. The first kappa shape index (κ1) is 20.5. The molecule has 31 heavy (non-hydrogen) atoms. The van der Waals surface area contributed by atoms with Crippen LogP contribution in [0, 0.1) is 0 Å². The molecule has 0 atom stereocenters. The molecule has 0 unspecified atom stereocenters. The third-order valence-electron chi connectivity index (χ3n) is 5.22. The van der Waals surface area contributed by atoms with Crippen molar-refractivity contribution < 1.29 is 14.2 Å². The zero-order valence-electron chi connectivity index (χ0n) is 17.9. The van der Waals surface area contributed by atoms with Gasteiger partial charge in [0.15, 0.2) is 0 Å². The third kappa shape index (κ3) is 5.67. The summed E-state index contributed by atoms with van der Waals surface area (Å²) in [6.45, 7) is 0. The van der Waals surface area contributed by atoms with Crippen LogP contribution >= 0.6 is 0 Å². The van der Waals surface area contributed by atoms with Gasteiger partial charge in [0.25, 0.3) is 0 Å². The molecule has 4 aromatic rings. The van der Waals surface area contributed by atoms with Gasteiger partial charge in [0.1, 0.15) is 23.0 Å². The van der Waals surface area contributed by atoms with Gasteiger partial charge in [-0.2, -0.15) is 0 Å². The molecule has 0 spiro atoms. The highest BCUT2D eigenvalue weighted by Gasteiger charge is 2.02. The van der Waals surface area contributed by atoms with Crippen LogP contribution in [0.4, 0.5) is 0 Å². The molecule has 0 bridgehead atoms. The first-order valence-corrected chi connectivity index (χ1v) is 10.3. The van der Waals surface area contributed by atoms with Gasteiger partial charge in [-0.15, -0.1) is 0 Å². The highest BCUT2D eigenvalue weighted by atomic mass is 16.5. The summed E-state index contributed by atoms with van der Waals surface area (Å²) in [5.41, 5.74) is 4.99. The van der Waals surface area contributed by atoms with Crippen molar-refractivity contribution >= 4 is 0 Å². The van der Waals surface area contributed by atoms with E-state index in [9.17, 15) is 0 Å². The fourth-order valence-corrected chi connectivity index (χ4v) is 3.44. The Kier molecular flexibility index (Phi) is 6.53. The summed E-state index contributed by atoms with van der Waals surface area (Å²) in [5.74, 6) is 3.42. The van der Waals surface area contributed by atoms with Gasteiger partial charge in [0.2, 0.25) is 0 Å². The summed E-state index contributed by atoms with van der Waals surface area (Å²) in [6.07, 6.45) is 1.76. The SMILES string of the molecule is COc1ccc(Cc2ccc(Oc3ccc(Cc4ccc(OC)cc4)cc3)cc2)cc1. The van der Waals surface area contributed by atoms with Crippen molar-refractivity contribution in [3.63, 3.8) is 0 Å². The van der Waals surface area contributed by atoms with E-state index in [0.717, 1.165) is 35.8 Å². The minimum absolute atomic E-state index is 0.835. The molecule has 3 heteroatoms. The van der Waals surface area contributed by atoms with E-state index in [1.165, 1.54) is 22.3 Å². The number of rotatable bonds is 8. The molecule has 0 saturated carbocycles. The van der Waals surface area contributed by atoms with Gasteiger partial charge in [-0.25, -0.2) is 0 Å². The van der Waals surface area contributed by atoms with Crippen molar-refractivity contribution in [3.05, 3.63) is 119 Å². The first-order valence-electron chi connectivity index (χ1n) is 10.3. The van der Waals surface area contributed by atoms with Crippen molar-refractivity contribution in [3.8, 4) is 23.0 Å². The fourth-order valence-electron chi connectivity index (χ4n) is 3.44. The van der Waals surface area contributed by atoms with Gasteiger partial charge in [0, 0.05) is 0 Å². The van der Waals surface area contributed by atoms with Crippen LogP contribution < -0.4 is 14.2 Å². The highest BCUT2D eigenvalue weighted by Crippen LogP contribution is 2.24. The molecule has 0 radical (unpaired) electrons. The maximum atomic E-state index is 6.02. The van der Waals surface area contributed by atoms with E-state index in [1.807, 2.05) is 48.5 Å². The number of hydrogen-bond acceptors (Lipinski definition) is 3. The first-order chi connectivity index (χ1) is 15.2. The van der Waals surface area contributed by atoms with Gasteiger partial charge < -0.3 is 14.2 Å². The van der Waals surface area contributed by atoms with Gasteiger partial charge in [-0.05, 0) is 83.6 Å². The van der Waals surface area contributed by atoms with Gasteiger partial charge in [-0.1, -0.05) is 48.5 Å². The Morgan fingerprint density at radius 2 is 0.645 bits per heavy atom. The molecule has 0 aromatic heterocycles. The summed E-state index contributed by atoms with van der Waals surface area (Å²) in [5, 5.41) is 0. The van der Waals surface area contributed by atoms with E-state index in [4.69, 9.17) is 14.2 Å². The highest BCUT2D eigenvalue weighted by molar-refractivity contribution is 5.38. The number of hydrogen-bond donors (Lipinski definition) is 0. The summed E-state index contributed by atoms with van der Waals surface area (Å²) in [4.78, 5) is 0. The Labute approximate surface area is 183 Å². The number of methoxy groups -OCH3 is 2. The maximum absolute atomic E-state index is 6.02. The fraction of sp³-hybridized carbons (Fsp3) is 0.143. The molecule has 0 fully saturated rings. The molecule has 156 valence electrons. The average Bonchev–Trinajstić information content (AvgIpc) is 2.82. The molecule has 0 amide bonds. The van der Waals surface area contributed by atoms with Gasteiger partial charge >= 0.3 is 0 Å². The van der Waals surface area contributed by atoms with E-state index >= 15 is 0 Å². The van der Waals surface area contributed by atoms with Crippen molar-refractivity contribution in [2.75, 3.05) is 14.2 Å². The molecule has 0 aliphatic rings. The zero-order valence-corrected chi connectivity index (χ0v) is 17.9. The lowest BCUT2D eigenvalue weighted by Gasteiger charge is -2.09. The lowest BCUT2D eigenvalue weighted by Crippen LogP contribution is -1.91. The van der Waals surface area contributed by atoms with Crippen molar-refractivity contribution in [1.29, 1.82) is 0 Å². The van der Waals surface area contributed by atoms with Crippen LogP contribution in [0.25, 0.3) is 0 Å². The topological polar surface area (TPSA) is 27.7 Å². The van der Waals surface area contributed by atoms with E-state index in [-0.39, 0.29) is 0 Å². The third-order valence-corrected chi connectivity index (χ3v) is 5.22. The minimum atomic E-state index is 0.835. The van der Waals surface area contributed by atoms with Crippen LogP contribution in [0.3, 0.4) is 0 Å². The Morgan fingerprint density at radius 1 is 0.387 bits per heavy atom. The van der Waals surface area contributed by atoms with Crippen LogP contribution in [0.5, 0.6) is 23.0 Å². The Hall–Kier alpha value is -3.72. The van der Waals surface area contributed by atoms with Crippen LogP contribution in [0.15, 0.2) is 97.1 Å². The quantitative estimate of drug-likeness (QED) is 0.324. The van der Waals surface area contributed by atoms with Gasteiger partial charge in [-0.3, -0.25) is 0 Å². The van der Waals surface area contributed by atoms with Crippen LogP contribution in [-0.2, 0) is 12.8 Å². The van der Waals surface area contributed by atoms with Gasteiger partial charge in [0.05, 0.1) is 14.2 Å². The smallest absolute Gasteiger partial charge is 0.127 e. The lowest BCUT2D eigenvalue weighted by atomic mass is 10.0. The molecular formula is C28H26O3. The second kappa shape index (κ2) is 9.86. The second-order valence-corrected chi connectivity index (χ2v) is 7.44. The molecule has 0 saturated heterocycles. The second-order valence-electron chi connectivity index (χ2n) is 7.44. The molecule has 4 aromatic carbocycles. The normalized spacial score (nSPS) is 10.5. The number of benzene rings is 4. The van der Waals surface area contributed by atoms with E-state index in [1.54, 1.807) is 14.2 Å². The van der Waals surface area contributed by atoms with E-state index in [0.29, 0.717) is 0 Å². The molecule has 3 nitrogen and oxygen atoms in total. The Balaban J connectivity index is 1.34. The van der Waals surface area contributed by atoms with Crippen molar-refractivity contribution in [1.82, 2.24) is 0 Å². The van der Waals surface area contributed by atoms with E-state index < -0.39 is 0 Å². The summed E-state index contributed by atoms with van der Waals surface area (Å²) >= 11 is 0. The van der Waals surface area contributed by atoms with Crippen LogP contribution in [-0.4, -0.2) is 14.2 Å². The molecule has 0 heterocycles. The largest absolute Gasteiger partial charge is 0.497 e. The van der Waals surface area contributed by atoms with Crippen molar-refractivity contribution in [2.24, 2.45) is 0 Å². The summed E-state index contributed by atoms with van der Waals surface area (Å²) in [6, 6.07) is 32.8.